The van der Waals surface area contributed by atoms with Gasteiger partial charge in [-0.3, -0.25) is 9.80 Å². The molecule has 0 aromatic carbocycles. The predicted molar refractivity (Wildman–Crippen MR) is 144 cm³/mol. The van der Waals surface area contributed by atoms with E-state index in [-0.39, 0.29) is 46.5 Å². The van der Waals surface area contributed by atoms with Gasteiger partial charge in [-0.15, -0.1) is 0 Å². The van der Waals surface area contributed by atoms with Gasteiger partial charge in [0, 0.05) is 32.9 Å². The van der Waals surface area contributed by atoms with Gasteiger partial charge in [0.15, 0.2) is 11.0 Å². The Bertz CT molecular complexity index is 1260. The third-order valence-corrected chi connectivity index (χ3v) is 8.83. The van der Waals surface area contributed by atoms with Crippen LogP contribution < -0.4 is 9.64 Å². The summed E-state index contributed by atoms with van der Waals surface area (Å²) in [6.07, 6.45) is 6.11. The third kappa shape index (κ3) is 4.86. The Hall–Kier alpha value is -2.50. The predicted octanol–water partition coefficient (Wildman–Crippen LogP) is 4.04. The first-order chi connectivity index (χ1) is 18.6. The maximum Gasteiger partial charge on any atom is 0.410 e. The van der Waals surface area contributed by atoms with Crippen molar-refractivity contribution in [2.45, 2.75) is 82.2 Å². The van der Waals surface area contributed by atoms with Gasteiger partial charge in [-0.05, 0) is 59.4 Å². The zero-order chi connectivity index (χ0) is 27.5. The Morgan fingerprint density at radius 1 is 1.21 bits per heavy atom. The first-order valence-corrected chi connectivity index (χ1v) is 14.1. The van der Waals surface area contributed by atoms with Gasteiger partial charge >= 0.3 is 12.1 Å². The van der Waals surface area contributed by atoms with E-state index in [0.717, 1.165) is 45.2 Å². The van der Waals surface area contributed by atoms with Crippen LogP contribution in [0.4, 0.5) is 15.0 Å². The number of halogens is 2. The maximum absolute atomic E-state index is 15.2. The monoisotopic (exact) mass is 562 g/mol. The van der Waals surface area contributed by atoms with E-state index < -0.39 is 11.4 Å². The smallest absolute Gasteiger partial charge is 0.410 e. The van der Waals surface area contributed by atoms with E-state index in [0.29, 0.717) is 30.9 Å². The summed E-state index contributed by atoms with van der Waals surface area (Å²) in [6, 6.07) is 0.0460. The van der Waals surface area contributed by atoms with Crippen molar-refractivity contribution in [3.8, 4) is 6.01 Å². The van der Waals surface area contributed by atoms with Gasteiger partial charge in [0.1, 0.15) is 23.5 Å². The summed E-state index contributed by atoms with van der Waals surface area (Å²) in [5.74, 6) is -0.153. The lowest BCUT2D eigenvalue weighted by Crippen LogP contribution is -2.57. The van der Waals surface area contributed by atoms with Gasteiger partial charge in [-0.1, -0.05) is 11.6 Å². The molecule has 4 aliphatic heterocycles. The number of carbonyl (C=O) groups excluding carboxylic acids is 1. The fourth-order valence-electron chi connectivity index (χ4n) is 6.82. The van der Waals surface area contributed by atoms with Gasteiger partial charge in [0.05, 0.1) is 29.1 Å². The molecule has 39 heavy (non-hydrogen) atoms. The number of ether oxygens (including phenoxy) is 3. The second kappa shape index (κ2) is 9.85. The highest BCUT2D eigenvalue weighted by Gasteiger charge is 2.49. The van der Waals surface area contributed by atoms with E-state index in [1.54, 1.807) is 7.11 Å². The van der Waals surface area contributed by atoms with Crippen molar-refractivity contribution in [1.82, 2.24) is 24.8 Å². The molecule has 2 aromatic rings. The zero-order valence-electron chi connectivity index (χ0n) is 23.0. The van der Waals surface area contributed by atoms with Crippen LogP contribution in [-0.4, -0.2) is 100 Å². The molecule has 0 N–H and O–H groups in total. The van der Waals surface area contributed by atoms with Crippen molar-refractivity contribution in [1.29, 1.82) is 0 Å². The minimum absolute atomic E-state index is 0.0338. The summed E-state index contributed by atoms with van der Waals surface area (Å²) >= 11 is 6.05. The molecule has 0 aliphatic carbocycles. The first kappa shape index (κ1) is 26.7. The number of rotatable bonds is 5. The van der Waals surface area contributed by atoms with Crippen molar-refractivity contribution in [3.05, 3.63) is 17.2 Å². The largest absolute Gasteiger partial charge is 0.461 e. The van der Waals surface area contributed by atoms with Crippen molar-refractivity contribution in [2.24, 2.45) is 0 Å². The number of nitrogens with zero attached hydrogens (tertiary/aromatic N) is 6. The average Bonchev–Trinajstić information content (AvgIpc) is 3.52. The van der Waals surface area contributed by atoms with E-state index in [1.807, 2.05) is 25.7 Å². The van der Waals surface area contributed by atoms with Gasteiger partial charge < -0.3 is 19.1 Å². The Labute approximate surface area is 232 Å². The summed E-state index contributed by atoms with van der Waals surface area (Å²) in [6.45, 7) is 8.98. The molecule has 10 nitrogen and oxygen atoms in total. The number of pyridine rings is 1. The normalized spacial score (nSPS) is 28.8. The highest BCUT2D eigenvalue weighted by molar-refractivity contribution is 6.30. The van der Waals surface area contributed by atoms with Crippen molar-refractivity contribution < 1.29 is 23.4 Å². The molecule has 212 valence electrons. The van der Waals surface area contributed by atoms with Gasteiger partial charge in [-0.2, -0.15) is 9.97 Å². The molecule has 4 unspecified atom stereocenters. The molecule has 4 atom stereocenters. The van der Waals surface area contributed by atoms with E-state index in [4.69, 9.17) is 30.8 Å². The minimum Gasteiger partial charge on any atom is -0.461 e. The van der Waals surface area contributed by atoms with Crippen LogP contribution in [0, 0.1) is 5.82 Å². The van der Waals surface area contributed by atoms with Crippen LogP contribution >= 0.6 is 11.6 Å². The number of hydrogen-bond donors (Lipinski definition) is 0. The quantitative estimate of drug-likeness (QED) is 0.500. The van der Waals surface area contributed by atoms with Crippen LogP contribution in [0.2, 0.25) is 5.15 Å². The van der Waals surface area contributed by atoms with Gasteiger partial charge in [-0.25, -0.2) is 14.2 Å². The fraction of sp³-hybridized carbons (Fsp3) is 0.704. The van der Waals surface area contributed by atoms with Crippen molar-refractivity contribution in [2.75, 3.05) is 44.8 Å². The molecule has 0 saturated carbocycles. The zero-order valence-corrected chi connectivity index (χ0v) is 23.7. The summed E-state index contributed by atoms with van der Waals surface area (Å²) in [5, 5.41) is 0.225. The highest BCUT2D eigenvalue weighted by Crippen LogP contribution is 2.41. The lowest BCUT2D eigenvalue weighted by molar-refractivity contribution is 0.0122. The molecular formula is C27H36ClFN6O4. The Kier molecular flexibility index (Phi) is 6.74. The summed E-state index contributed by atoms with van der Waals surface area (Å²) in [7, 11) is 1.75. The summed E-state index contributed by atoms with van der Waals surface area (Å²) in [5.41, 5.74) is -0.618. The van der Waals surface area contributed by atoms with Gasteiger partial charge in [0.25, 0.3) is 0 Å². The number of piperazine rings is 1. The number of carbonyl (C=O) groups is 1. The second-order valence-corrected chi connectivity index (χ2v) is 12.6. The van der Waals surface area contributed by atoms with Crippen LogP contribution in [0.25, 0.3) is 10.9 Å². The van der Waals surface area contributed by atoms with E-state index in [1.165, 1.54) is 6.20 Å². The lowest BCUT2D eigenvalue weighted by Gasteiger charge is -2.42. The molecule has 1 amide bonds. The van der Waals surface area contributed by atoms with E-state index in [9.17, 15) is 4.79 Å². The average molecular weight is 563 g/mol. The van der Waals surface area contributed by atoms with Crippen LogP contribution in [0.3, 0.4) is 0 Å². The topological polar surface area (TPSA) is 93.2 Å². The number of hydrogen-bond acceptors (Lipinski definition) is 9. The second-order valence-electron chi connectivity index (χ2n) is 12.3. The van der Waals surface area contributed by atoms with Crippen molar-refractivity contribution in [3.63, 3.8) is 0 Å². The fourth-order valence-corrected chi connectivity index (χ4v) is 6.96. The standard InChI is InChI=1S/C27H36ClFN6O4/c1-26(2,3)39-25(36)35-16-6-7-17(35)13-33(12-16)23-19-11-30-22(28)20(29)21(19)31-24(32-23)38-15-27-8-5-9-34(27)14-18(10-27)37-4/h11,16-18H,5-10,12-15H2,1-4H3. The Morgan fingerprint density at radius 3 is 2.64 bits per heavy atom. The number of aromatic nitrogens is 3. The molecule has 4 fully saturated rings. The molecule has 6 rings (SSSR count). The van der Waals surface area contributed by atoms with Crippen molar-refractivity contribution >= 4 is 34.4 Å². The number of anilines is 1. The Balaban J connectivity index is 1.29. The number of fused-ring (bicyclic) bond motifs is 4. The number of methoxy groups -OCH3 is 1. The molecule has 0 radical (unpaired) electrons. The molecule has 4 aliphatic rings. The molecule has 4 saturated heterocycles. The van der Waals surface area contributed by atoms with Crippen LogP contribution in [0.5, 0.6) is 6.01 Å². The van der Waals surface area contributed by atoms with Crippen LogP contribution in [0.15, 0.2) is 6.20 Å². The molecule has 2 bridgehead atoms. The molecule has 12 heteroatoms. The highest BCUT2D eigenvalue weighted by atomic mass is 35.5. The van der Waals surface area contributed by atoms with Gasteiger partial charge in [0.2, 0.25) is 0 Å². The molecule has 6 heterocycles. The Morgan fingerprint density at radius 2 is 1.95 bits per heavy atom. The van der Waals surface area contributed by atoms with Crippen LogP contribution in [-0.2, 0) is 9.47 Å². The minimum atomic E-state index is -0.695. The SMILES string of the molecule is COC1CN2CCCC2(COc2nc(N3CC4CCC(C3)N4C(=O)OC(C)(C)C)c3cnc(Cl)c(F)c3n2)C1. The molecule has 2 aromatic heterocycles. The lowest BCUT2D eigenvalue weighted by atomic mass is 9.94. The maximum atomic E-state index is 15.2. The first-order valence-electron chi connectivity index (χ1n) is 13.8. The summed E-state index contributed by atoms with van der Waals surface area (Å²) in [4.78, 5) is 32.6. The third-order valence-electron chi connectivity index (χ3n) is 8.56. The number of amides is 1. The van der Waals surface area contributed by atoms with E-state index >= 15 is 4.39 Å². The van der Waals surface area contributed by atoms with Crippen LogP contribution in [0.1, 0.15) is 52.9 Å². The summed E-state index contributed by atoms with van der Waals surface area (Å²) < 4.78 is 32.8. The molecule has 0 spiro atoms. The molecular weight excluding hydrogens is 527 g/mol. The van der Waals surface area contributed by atoms with E-state index in [2.05, 4.69) is 19.8 Å².